The highest BCUT2D eigenvalue weighted by Crippen LogP contribution is 2.15. The van der Waals surface area contributed by atoms with Crippen LogP contribution in [0.1, 0.15) is 30.1 Å². The monoisotopic (exact) mass is 464 g/mol. The molecule has 3 N–H and O–H groups in total. The first-order valence-corrected chi connectivity index (χ1v) is 11.1. The van der Waals surface area contributed by atoms with E-state index in [0.717, 1.165) is 6.20 Å². The van der Waals surface area contributed by atoms with Gasteiger partial charge in [-0.3, -0.25) is 9.59 Å². The largest absolute Gasteiger partial charge is 0.414 e. The molecule has 2 rings (SSSR count). The number of pyridine rings is 1. The first kappa shape index (κ1) is 24.8. The Labute approximate surface area is 185 Å². The van der Waals surface area contributed by atoms with Crippen molar-refractivity contribution in [3.63, 3.8) is 0 Å². The molecule has 0 spiro atoms. The average molecular weight is 465 g/mol. The summed E-state index contributed by atoms with van der Waals surface area (Å²) in [6.07, 6.45) is 1.37. The minimum Gasteiger partial charge on any atom is -0.391 e. The summed E-state index contributed by atoms with van der Waals surface area (Å²) in [6.45, 7) is 2.43. The minimum atomic E-state index is -4.15. The van der Waals surface area contributed by atoms with Gasteiger partial charge >= 0.3 is 6.09 Å². The van der Waals surface area contributed by atoms with Gasteiger partial charge in [-0.2, -0.15) is 0 Å². The van der Waals surface area contributed by atoms with E-state index >= 15 is 0 Å². The Morgan fingerprint density at radius 1 is 1.06 bits per heavy atom. The van der Waals surface area contributed by atoms with Gasteiger partial charge in [-0.1, -0.05) is 6.92 Å². The van der Waals surface area contributed by atoms with Crippen molar-refractivity contribution in [2.24, 2.45) is 0 Å². The average Bonchev–Trinajstić information content (AvgIpc) is 2.74. The molecule has 1 aromatic carbocycles. The predicted molar refractivity (Wildman–Crippen MR) is 115 cm³/mol. The highest BCUT2D eigenvalue weighted by Gasteiger charge is 2.19. The number of carbonyl (C=O) groups is 3. The molecule has 2 aromatic rings. The van der Waals surface area contributed by atoms with Crippen LogP contribution in [-0.2, 0) is 19.6 Å². The molecule has 0 fully saturated rings. The molecule has 0 aliphatic carbocycles. The summed E-state index contributed by atoms with van der Waals surface area (Å²) in [5.41, 5.74) is 0.393. The van der Waals surface area contributed by atoms with E-state index in [9.17, 15) is 22.8 Å². The maximum Gasteiger partial charge on any atom is 0.414 e. The number of nitrogens with zero attached hydrogens (tertiary/aromatic N) is 1. The van der Waals surface area contributed by atoms with E-state index in [1.54, 1.807) is 0 Å². The van der Waals surface area contributed by atoms with E-state index in [4.69, 9.17) is 9.47 Å². The molecule has 0 saturated carbocycles. The van der Waals surface area contributed by atoms with E-state index in [1.165, 1.54) is 43.5 Å². The van der Waals surface area contributed by atoms with Gasteiger partial charge in [0.15, 0.2) is 0 Å². The second kappa shape index (κ2) is 11.8. The molecule has 12 heteroatoms. The van der Waals surface area contributed by atoms with Crippen LogP contribution in [0.15, 0.2) is 47.5 Å². The second-order valence-electron chi connectivity index (χ2n) is 6.45. The third kappa shape index (κ3) is 7.63. The van der Waals surface area contributed by atoms with Gasteiger partial charge in [0.1, 0.15) is 0 Å². The Bertz CT molecular complexity index is 1040. The maximum atomic E-state index is 12.5. The summed E-state index contributed by atoms with van der Waals surface area (Å²) < 4.78 is 36.6. The van der Waals surface area contributed by atoms with Crippen molar-refractivity contribution in [3.8, 4) is 5.88 Å². The molecule has 3 amide bonds. The molecule has 0 bridgehead atoms. The molecule has 0 radical (unpaired) electrons. The van der Waals surface area contributed by atoms with Crippen LogP contribution in [-0.4, -0.2) is 51.6 Å². The van der Waals surface area contributed by atoms with Crippen LogP contribution in [0.3, 0.4) is 0 Å². The second-order valence-corrected chi connectivity index (χ2v) is 8.13. The van der Waals surface area contributed by atoms with Gasteiger partial charge in [0, 0.05) is 38.0 Å². The summed E-state index contributed by atoms with van der Waals surface area (Å²) >= 11 is 0. The van der Waals surface area contributed by atoms with Crippen LogP contribution in [0.25, 0.3) is 0 Å². The molecular weight excluding hydrogens is 440 g/mol. The highest BCUT2D eigenvalue weighted by atomic mass is 32.2. The molecule has 1 aromatic heterocycles. The van der Waals surface area contributed by atoms with Crippen LogP contribution in [0.5, 0.6) is 5.88 Å². The number of hydrogen-bond acceptors (Lipinski definition) is 8. The van der Waals surface area contributed by atoms with Crippen molar-refractivity contribution >= 4 is 33.6 Å². The number of aromatic nitrogens is 1. The lowest BCUT2D eigenvalue weighted by atomic mass is 10.3. The van der Waals surface area contributed by atoms with Gasteiger partial charge in [-0.05, 0) is 36.8 Å². The fourth-order valence-electron chi connectivity index (χ4n) is 2.37. The third-order valence-electron chi connectivity index (χ3n) is 3.92. The first-order valence-electron chi connectivity index (χ1n) is 9.63. The van der Waals surface area contributed by atoms with Crippen molar-refractivity contribution in [2.45, 2.75) is 24.7 Å². The SMILES string of the molecule is CCCC(=O)Nc1ccc(S(=O)(=O)NC(=O)c2ccc(OC(=O)NCCOC)nc2)cc1. The number of ether oxygens (including phenoxy) is 2. The molecule has 32 heavy (non-hydrogen) atoms. The predicted octanol–water partition coefficient (Wildman–Crippen LogP) is 1.67. The molecule has 0 saturated heterocycles. The lowest BCUT2D eigenvalue weighted by Crippen LogP contribution is -2.31. The van der Waals surface area contributed by atoms with E-state index in [0.29, 0.717) is 25.1 Å². The molecule has 0 atom stereocenters. The van der Waals surface area contributed by atoms with Crippen molar-refractivity contribution in [1.82, 2.24) is 15.0 Å². The number of carbonyl (C=O) groups excluding carboxylic acids is 3. The minimum absolute atomic E-state index is 0.0517. The van der Waals surface area contributed by atoms with Gasteiger partial charge < -0.3 is 20.1 Å². The van der Waals surface area contributed by atoms with Crippen molar-refractivity contribution < 1.29 is 32.3 Å². The molecule has 172 valence electrons. The summed E-state index contributed by atoms with van der Waals surface area (Å²) in [5.74, 6) is -1.15. The summed E-state index contributed by atoms with van der Waals surface area (Å²) in [4.78, 5) is 39.1. The third-order valence-corrected chi connectivity index (χ3v) is 5.27. The van der Waals surface area contributed by atoms with E-state index in [2.05, 4.69) is 15.6 Å². The maximum absolute atomic E-state index is 12.5. The normalized spacial score (nSPS) is 10.8. The molecule has 0 aliphatic heterocycles. The van der Waals surface area contributed by atoms with E-state index in [-0.39, 0.29) is 28.8 Å². The summed E-state index contributed by atoms with van der Waals surface area (Å²) in [7, 11) is -2.66. The number of rotatable bonds is 10. The summed E-state index contributed by atoms with van der Waals surface area (Å²) in [5, 5.41) is 5.08. The van der Waals surface area contributed by atoms with Crippen LogP contribution in [0, 0.1) is 0 Å². The fourth-order valence-corrected chi connectivity index (χ4v) is 3.34. The van der Waals surface area contributed by atoms with Gasteiger partial charge in [-0.15, -0.1) is 0 Å². The molecule has 0 unspecified atom stereocenters. The lowest BCUT2D eigenvalue weighted by Gasteiger charge is -2.09. The van der Waals surface area contributed by atoms with Gasteiger partial charge in [-0.25, -0.2) is 22.9 Å². The van der Waals surface area contributed by atoms with E-state index < -0.39 is 22.0 Å². The first-order chi connectivity index (χ1) is 15.2. The Kier molecular flexibility index (Phi) is 9.10. The highest BCUT2D eigenvalue weighted by molar-refractivity contribution is 7.90. The Hall–Kier alpha value is -3.51. The smallest absolute Gasteiger partial charge is 0.391 e. The van der Waals surface area contributed by atoms with Crippen molar-refractivity contribution in [2.75, 3.05) is 25.6 Å². The lowest BCUT2D eigenvalue weighted by molar-refractivity contribution is -0.116. The molecule has 0 aliphatic rings. The summed E-state index contributed by atoms with van der Waals surface area (Å²) in [6, 6.07) is 7.92. The number of nitrogens with one attached hydrogen (secondary N) is 3. The number of methoxy groups -OCH3 is 1. The van der Waals surface area contributed by atoms with Crippen molar-refractivity contribution in [3.05, 3.63) is 48.2 Å². The Balaban J connectivity index is 1.97. The number of benzene rings is 1. The molecule has 11 nitrogen and oxygen atoms in total. The number of anilines is 1. The zero-order valence-corrected chi connectivity index (χ0v) is 18.4. The fraction of sp³-hybridized carbons (Fsp3) is 0.300. The van der Waals surface area contributed by atoms with Gasteiger partial charge in [0.25, 0.3) is 15.9 Å². The van der Waals surface area contributed by atoms with Crippen LogP contribution < -0.4 is 20.1 Å². The Morgan fingerprint density at radius 3 is 2.38 bits per heavy atom. The quantitative estimate of drug-likeness (QED) is 0.449. The zero-order chi connectivity index (χ0) is 23.6. The molecular formula is C20H24N4O7S. The Morgan fingerprint density at radius 2 is 1.78 bits per heavy atom. The number of amides is 3. The van der Waals surface area contributed by atoms with Crippen LogP contribution >= 0.6 is 0 Å². The topological polar surface area (TPSA) is 153 Å². The van der Waals surface area contributed by atoms with Crippen LogP contribution in [0.2, 0.25) is 0 Å². The zero-order valence-electron chi connectivity index (χ0n) is 17.6. The van der Waals surface area contributed by atoms with E-state index in [1.807, 2.05) is 11.6 Å². The number of hydrogen-bond donors (Lipinski definition) is 3. The van der Waals surface area contributed by atoms with Crippen molar-refractivity contribution in [1.29, 1.82) is 0 Å². The standard InChI is InChI=1S/C20H24N4O7S/c1-3-4-17(25)23-15-6-8-16(9-7-15)32(28,29)24-19(26)14-5-10-18(22-13-14)31-20(27)21-11-12-30-2/h5-10,13H,3-4,11-12H2,1-2H3,(H,21,27)(H,23,25)(H,24,26). The van der Waals surface area contributed by atoms with Crippen LogP contribution in [0.4, 0.5) is 10.5 Å². The van der Waals surface area contributed by atoms with Gasteiger partial charge in [0.2, 0.25) is 11.8 Å². The number of sulfonamides is 1. The van der Waals surface area contributed by atoms with Gasteiger partial charge in [0.05, 0.1) is 17.1 Å². The molecule has 1 heterocycles.